The monoisotopic (exact) mass is 1780 g/mol. The van der Waals surface area contributed by atoms with Crippen molar-refractivity contribution in [1.29, 1.82) is 0 Å². The summed E-state index contributed by atoms with van der Waals surface area (Å²) in [6, 6.07) is 57.4. The molecule has 0 aliphatic carbocycles. The number of hydrogen-bond donors (Lipinski definition) is 1. The lowest BCUT2D eigenvalue weighted by Crippen LogP contribution is -1.98. The first-order valence-electron chi connectivity index (χ1n) is 41.8. The zero-order valence-corrected chi connectivity index (χ0v) is 74.3. The van der Waals surface area contributed by atoms with E-state index in [0.717, 1.165) is 101 Å². The third-order valence-electron chi connectivity index (χ3n) is 18.6. The predicted molar refractivity (Wildman–Crippen MR) is 490 cm³/mol. The fourth-order valence-electron chi connectivity index (χ4n) is 12.4. The number of aromatic nitrogens is 18. The van der Waals surface area contributed by atoms with Crippen LogP contribution in [0.15, 0.2) is 277 Å². The molecule has 0 unspecified atom stereocenters. The highest BCUT2D eigenvalue weighted by atomic mass is 16.5. The van der Waals surface area contributed by atoms with Gasteiger partial charge in [0.1, 0.15) is 34.6 Å². The highest BCUT2D eigenvalue weighted by Gasteiger charge is 2.22. The van der Waals surface area contributed by atoms with Crippen molar-refractivity contribution >= 4 is 5.82 Å². The lowest BCUT2D eigenvalue weighted by Gasteiger charge is -2.11. The van der Waals surface area contributed by atoms with Crippen LogP contribution in [-0.4, -0.2) is 158 Å². The van der Waals surface area contributed by atoms with Gasteiger partial charge in [0.2, 0.25) is 40.8 Å². The van der Waals surface area contributed by atoms with Crippen molar-refractivity contribution in [2.45, 2.75) is 62.3 Å². The Morgan fingerprint density at radius 1 is 0.250 bits per heavy atom. The number of ether oxygens (including phenoxy) is 10. The van der Waals surface area contributed by atoms with Gasteiger partial charge in [-0.2, -0.15) is 29.9 Å². The maximum atomic E-state index is 5.68. The van der Waals surface area contributed by atoms with E-state index in [-0.39, 0.29) is 0 Å². The van der Waals surface area contributed by atoms with Gasteiger partial charge in [-0.3, -0.25) is 19.9 Å². The molecule has 132 heavy (non-hydrogen) atoms. The Morgan fingerprint density at radius 2 is 0.568 bits per heavy atom. The van der Waals surface area contributed by atoms with E-state index in [1.165, 1.54) is 0 Å². The van der Waals surface area contributed by atoms with Crippen LogP contribution in [0.4, 0.5) is 5.82 Å². The number of benzene rings is 6. The van der Waals surface area contributed by atoms with Crippen molar-refractivity contribution in [1.82, 2.24) is 90.7 Å². The van der Waals surface area contributed by atoms with Crippen molar-refractivity contribution in [3.63, 3.8) is 0 Å². The third-order valence-corrected chi connectivity index (χ3v) is 18.6. The number of nitrogen functional groups attached to an aromatic ring is 1. The number of aryl methyl sites for hydroxylation is 2. The number of methoxy groups -OCH3 is 3. The summed E-state index contributed by atoms with van der Waals surface area (Å²) in [6.07, 6.45) is 16.8. The Labute approximate surface area is 758 Å². The minimum atomic E-state index is 0.393. The molecule has 672 valence electrons. The van der Waals surface area contributed by atoms with Crippen LogP contribution in [0.3, 0.4) is 0 Å². The number of rotatable bonds is 29. The summed E-state index contributed by atoms with van der Waals surface area (Å²) in [5.41, 5.74) is 17.5. The second-order valence-electron chi connectivity index (χ2n) is 27.4. The topological polar surface area (TPSA) is 429 Å². The van der Waals surface area contributed by atoms with Gasteiger partial charge in [-0.05, 0) is 225 Å². The van der Waals surface area contributed by atoms with Crippen LogP contribution < -0.4 is 53.1 Å². The maximum Gasteiger partial charge on any atom is 0.262 e. The highest BCUT2D eigenvalue weighted by molar-refractivity contribution is 5.70. The van der Waals surface area contributed by atoms with Crippen LogP contribution in [0.25, 0.3) is 137 Å². The van der Waals surface area contributed by atoms with Crippen LogP contribution in [0.2, 0.25) is 0 Å². The van der Waals surface area contributed by atoms with E-state index in [9.17, 15) is 0 Å². The van der Waals surface area contributed by atoms with Gasteiger partial charge in [0.15, 0.2) is 23.0 Å². The smallest absolute Gasteiger partial charge is 0.262 e. The van der Waals surface area contributed by atoms with E-state index < -0.39 is 0 Å². The van der Waals surface area contributed by atoms with Gasteiger partial charge in [0, 0.05) is 135 Å². The van der Waals surface area contributed by atoms with Crippen LogP contribution >= 0.6 is 0 Å². The molecule has 0 aliphatic rings. The van der Waals surface area contributed by atoms with Crippen LogP contribution in [0, 0.1) is 13.8 Å². The van der Waals surface area contributed by atoms with Crippen molar-refractivity contribution in [2.75, 3.05) is 73.3 Å². The Balaban J connectivity index is 0.000000135. The Bertz CT molecular complexity index is 6640. The van der Waals surface area contributed by atoms with Gasteiger partial charge < -0.3 is 80.2 Å². The van der Waals surface area contributed by atoms with Crippen LogP contribution in [0.5, 0.6) is 57.6 Å². The molecule has 12 aromatic heterocycles. The average Bonchev–Trinajstić information content (AvgIpc) is 1.68. The van der Waals surface area contributed by atoms with E-state index in [4.69, 9.17) is 80.2 Å². The molecular formula is C97H93N19O16. The predicted octanol–water partition coefficient (Wildman–Crippen LogP) is 19.8. The van der Waals surface area contributed by atoms with Crippen molar-refractivity contribution < 1.29 is 74.5 Å². The molecule has 0 atom stereocenters. The summed E-state index contributed by atoms with van der Waals surface area (Å²) in [5, 5.41) is 24.0. The fraction of sp³-hybridized carbons (Fsp3) is 0.196. The zero-order chi connectivity index (χ0) is 92.3. The summed E-state index contributed by atoms with van der Waals surface area (Å²) >= 11 is 0. The molecule has 18 rings (SSSR count). The van der Waals surface area contributed by atoms with E-state index in [0.29, 0.717) is 157 Å². The van der Waals surface area contributed by atoms with E-state index in [1.54, 1.807) is 108 Å². The molecule has 35 heteroatoms. The highest BCUT2D eigenvalue weighted by Crippen LogP contribution is 2.39. The molecule has 35 nitrogen and oxygen atoms in total. The molecule has 0 radical (unpaired) electrons. The van der Waals surface area contributed by atoms with Crippen LogP contribution in [-0.2, 0) is 0 Å². The zero-order valence-electron chi connectivity index (χ0n) is 74.3. The molecule has 0 aliphatic heterocycles. The normalized spacial score (nSPS) is 10.5. The lowest BCUT2D eigenvalue weighted by molar-refractivity contribution is 0.288. The third kappa shape index (κ3) is 24.8. The van der Waals surface area contributed by atoms with Gasteiger partial charge in [0.25, 0.3) is 35.3 Å². The second-order valence-corrected chi connectivity index (χ2v) is 27.4. The van der Waals surface area contributed by atoms with Crippen LogP contribution in [0.1, 0.15) is 59.6 Å². The molecule has 0 bridgehead atoms. The maximum absolute atomic E-state index is 5.68. The van der Waals surface area contributed by atoms with Gasteiger partial charge >= 0.3 is 0 Å². The van der Waals surface area contributed by atoms with Crippen molar-refractivity contribution in [2.24, 2.45) is 0 Å². The first kappa shape index (κ1) is 92.5. The summed E-state index contributed by atoms with van der Waals surface area (Å²) in [7, 11) is 4.84. The standard InChI is InChI=1S/C17H18N4O3.2C17H17N3O3.C16H15N3O3.2C15H13N3O2/c1-3-22-13-6-5-12(9-14(13)23-4-2)17-20-16(21-24-17)11-7-8-19-15(18)10-11;1-3-21-13-5-6-14(15(11-13)22-4-2)17-19-16(20-23-17)12-7-9-18-10-8-12;1-3-21-14-6-5-13(11-15(14)22-4-2)17-19-16(20-23-17)12-7-9-18-10-8-12;1-10-4-5-11(8-13(10)20-2)15-18-16(22-19-15)12-6-7-17-14(9-12)21-3;1-10-3-4-12(9-13(10)19-2)15-17-14(18-20-15)11-5-7-16-8-6-11;1-2-19-13-5-3-4-12(10-13)15-17-14(18-20-15)11-6-8-16-9-7-11/h5-10H,3-4H2,1-2H3,(H2,18,19);2*5-11H,3-4H2,1-2H3;4-9H,1-3H3;3-9H,1-2H3;3-10H,2H2,1H3. The molecule has 0 spiro atoms. The number of nitrogens with two attached hydrogens (primary N) is 1. The molecule has 0 fully saturated rings. The van der Waals surface area contributed by atoms with Gasteiger partial charge in [-0.25, -0.2) is 9.97 Å². The summed E-state index contributed by atoms with van der Waals surface area (Å²) in [6.45, 7) is 21.5. The Kier molecular flexibility index (Phi) is 32.9. The van der Waals surface area contributed by atoms with Crippen molar-refractivity contribution in [3.8, 4) is 195 Å². The fourth-order valence-corrected chi connectivity index (χ4v) is 12.4. The largest absolute Gasteiger partial charge is 0.496 e. The van der Waals surface area contributed by atoms with Crippen molar-refractivity contribution in [3.05, 3.63) is 261 Å². The molecule has 2 N–H and O–H groups in total. The number of anilines is 1. The first-order valence-corrected chi connectivity index (χ1v) is 41.8. The Hall–Kier alpha value is -17.1. The SMILES string of the molecule is CCOc1ccc(-c2nc(-c3ccnc(N)c3)no2)cc1OCC.CCOc1ccc(-c2nc(-c3ccncc3)no2)c(OCC)c1.CCOc1ccc(-c2nc(-c3ccncc3)no2)cc1OCC.CCOc1cccc(-c2nc(-c3ccncc3)no2)c1.COc1cc(-c2nc(-c3ccc(C)c(OC)c3)no2)ccn1.COc1cc(-c2nc(-c3ccncc3)no2)ccc1C. The minimum Gasteiger partial charge on any atom is -0.496 e. The molecule has 0 amide bonds. The summed E-state index contributed by atoms with van der Waals surface area (Å²) < 4.78 is 86.7. The van der Waals surface area contributed by atoms with E-state index in [1.807, 2.05) is 226 Å². The van der Waals surface area contributed by atoms with Gasteiger partial charge in [-0.15, -0.1) is 0 Å². The average molecular weight is 1780 g/mol. The minimum absolute atomic E-state index is 0.393. The molecule has 12 heterocycles. The molecule has 0 saturated carbocycles. The molecule has 18 aromatic rings. The summed E-state index contributed by atoms with van der Waals surface area (Å²) in [4.78, 5) is 50.4. The van der Waals surface area contributed by atoms with Gasteiger partial charge in [-0.1, -0.05) is 55.2 Å². The second kappa shape index (κ2) is 46.9. The molecular weight excluding hydrogens is 1690 g/mol. The molecule has 0 saturated heterocycles. The Morgan fingerprint density at radius 3 is 0.977 bits per heavy atom. The van der Waals surface area contributed by atoms with Gasteiger partial charge in [0.05, 0.1) is 73.1 Å². The summed E-state index contributed by atoms with van der Waals surface area (Å²) in [5.74, 6) is 13.0. The first-order chi connectivity index (χ1) is 64.7. The van der Waals surface area contributed by atoms with E-state index in [2.05, 4.69) is 90.7 Å². The number of nitrogens with zero attached hydrogens (tertiary/aromatic N) is 18. The lowest BCUT2D eigenvalue weighted by atomic mass is 10.1. The number of pyridine rings is 6. The van der Waals surface area contributed by atoms with E-state index >= 15 is 0 Å². The molecule has 6 aromatic carbocycles. The quantitative estimate of drug-likeness (QED) is 0.0455. The number of hydrogen-bond acceptors (Lipinski definition) is 35.